The number of nitrogens with one attached hydrogen (secondary N) is 1. The van der Waals surface area contributed by atoms with Crippen molar-refractivity contribution < 1.29 is 9.53 Å². The quantitative estimate of drug-likeness (QED) is 0.547. The molecule has 1 aliphatic rings. The van der Waals surface area contributed by atoms with Crippen molar-refractivity contribution in [3.8, 4) is 0 Å². The summed E-state index contributed by atoms with van der Waals surface area (Å²) in [6, 6.07) is 8.31. The van der Waals surface area contributed by atoms with E-state index in [-0.39, 0.29) is 5.91 Å². The molecule has 0 bridgehead atoms. The zero-order valence-electron chi connectivity index (χ0n) is 16.3. The minimum Gasteiger partial charge on any atom is -0.385 e. The Bertz CT molecular complexity index is 1010. The molecule has 29 heavy (non-hydrogen) atoms. The Morgan fingerprint density at radius 1 is 1.38 bits per heavy atom. The fourth-order valence-corrected chi connectivity index (χ4v) is 4.49. The standard InChI is InChI=1S/C20H24N6O2S/c1-28-10-4-9-22-18(27)20-25-16-17(23-12-24-19(16)29-20)26-11-13(7-8-21)14-5-2-3-6-15(14)26/h2-3,5-6,12-13H,4,7-11,21H2,1H3,(H,22,27). The van der Waals surface area contributed by atoms with Gasteiger partial charge >= 0.3 is 0 Å². The van der Waals surface area contributed by atoms with E-state index in [0.29, 0.717) is 41.0 Å². The third kappa shape index (κ3) is 3.93. The molecule has 3 heterocycles. The fourth-order valence-electron chi connectivity index (χ4n) is 3.68. The molecule has 4 rings (SSSR count). The van der Waals surface area contributed by atoms with E-state index in [0.717, 1.165) is 30.9 Å². The summed E-state index contributed by atoms with van der Waals surface area (Å²) in [4.78, 5) is 28.8. The highest BCUT2D eigenvalue weighted by Gasteiger charge is 2.31. The lowest BCUT2D eigenvalue weighted by Crippen LogP contribution is -2.25. The van der Waals surface area contributed by atoms with E-state index in [1.807, 2.05) is 6.07 Å². The van der Waals surface area contributed by atoms with Gasteiger partial charge in [0.15, 0.2) is 10.8 Å². The first-order chi connectivity index (χ1) is 14.2. The second-order valence-electron chi connectivity index (χ2n) is 6.92. The molecule has 1 unspecified atom stereocenters. The van der Waals surface area contributed by atoms with E-state index in [9.17, 15) is 4.79 Å². The molecule has 0 saturated heterocycles. The minimum atomic E-state index is -0.196. The third-order valence-corrected chi connectivity index (χ3v) is 5.98. The molecular weight excluding hydrogens is 388 g/mol. The largest absolute Gasteiger partial charge is 0.385 e. The number of hydrogen-bond acceptors (Lipinski definition) is 8. The lowest BCUT2D eigenvalue weighted by Gasteiger charge is -2.18. The summed E-state index contributed by atoms with van der Waals surface area (Å²) in [6.45, 7) is 2.57. The van der Waals surface area contributed by atoms with E-state index in [1.54, 1.807) is 7.11 Å². The number of fused-ring (bicyclic) bond motifs is 2. The number of benzene rings is 1. The van der Waals surface area contributed by atoms with Gasteiger partial charge in [-0.05, 0) is 31.0 Å². The molecule has 3 aromatic rings. The number of methoxy groups -OCH3 is 1. The second-order valence-corrected chi connectivity index (χ2v) is 7.89. The number of rotatable bonds is 8. The van der Waals surface area contributed by atoms with Crippen LogP contribution in [0.5, 0.6) is 0 Å². The van der Waals surface area contributed by atoms with Crippen LogP contribution in [-0.4, -0.2) is 54.2 Å². The fraction of sp³-hybridized carbons (Fsp3) is 0.400. The third-order valence-electron chi connectivity index (χ3n) is 5.02. The first-order valence-electron chi connectivity index (χ1n) is 9.68. The second kappa shape index (κ2) is 8.81. The molecule has 1 aromatic carbocycles. The van der Waals surface area contributed by atoms with Crippen molar-refractivity contribution in [3.05, 3.63) is 41.2 Å². The molecule has 3 N–H and O–H groups in total. The highest BCUT2D eigenvalue weighted by Crippen LogP contribution is 2.43. The Morgan fingerprint density at radius 3 is 3.07 bits per heavy atom. The summed E-state index contributed by atoms with van der Waals surface area (Å²) in [6.07, 6.45) is 3.20. The molecule has 8 nitrogen and oxygen atoms in total. The van der Waals surface area contributed by atoms with E-state index < -0.39 is 0 Å². The molecule has 1 atom stereocenters. The van der Waals surface area contributed by atoms with Gasteiger partial charge < -0.3 is 20.7 Å². The number of anilines is 2. The smallest absolute Gasteiger partial charge is 0.280 e. The maximum atomic E-state index is 12.5. The number of carbonyl (C=O) groups excluding carboxylic acids is 1. The van der Waals surface area contributed by atoms with Gasteiger partial charge in [-0.1, -0.05) is 29.5 Å². The Labute approximate surface area is 173 Å². The number of ether oxygens (including phenoxy) is 1. The topological polar surface area (TPSA) is 106 Å². The van der Waals surface area contributed by atoms with E-state index in [1.165, 1.54) is 23.2 Å². The molecule has 0 radical (unpaired) electrons. The van der Waals surface area contributed by atoms with Crippen molar-refractivity contribution in [3.63, 3.8) is 0 Å². The van der Waals surface area contributed by atoms with Crippen molar-refractivity contribution in [2.75, 3.05) is 38.3 Å². The van der Waals surface area contributed by atoms with Gasteiger partial charge in [-0.25, -0.2) is 15.0 Å². The summed E-state index contributed by atoms with van der Waals surface area (Å²) in [5.41, 5.74) is 8.87. The number of amides is 1. The monoisotopic (exact) mass is 412 g/mol. The van der Waals surface area contributed by atoms with Gasteiger partial charge in [0.1, 0.15) is 16.7 Å². The summed E-state index contributed by atoms with van der Waals surface area (Å²) in [5, 5.41) is 3.27. The lowest BCUT2D eigenvalue weighted by atomic mass is 9.98. The number of aromatic nitrogens is 3. The van der Waals surface area contributed by atoms with Gasteiger partial charge in [0.2, 0.25) is 0 Å². The average molecular weight is 413 g/mol. The van der Waals surface area contributed by atoms with Gasteiger partial charge in [-0.3, -0.25) is 4.79 Å². The van der Waals surface area contributed by atoms with Crippen LogP contribution in [0.15, 0.2) is 30.6 Å². The van der Waals surface area contributed by atoms with Crippen molar-refractivity contribution in [2.45, 2.75) is 18.8 Å². The summed E-state index contributed by atoms with van der Waals surface area (Å²) in [7, 11) is 1.64. The molecule has 1 amide bonds. The Kier molecular flexibility index (Phi) is 5.98. The molecule has 2 aromatic heterocycles. The van der Waals surface area contributed by atoms with E-state index >= 15 is 0 Å². The van der Waals surface area contributed by atoms with Crippen LogP contribution in [0.1, 0.15) is 34.1 Å². The van der Waals surface area contributed by atoms with Gasteiger partial charge in [-0.15, -0.1) is 0 Å². The summed E-state index contributed by atoms with van der Waals surface area (Å²) in [5.74, 6) is 0.887. The van der Waals surface area contributed by atoms with Crippen LogP contribution >= 0.6 is 11.3 Å². The highest BCUT2D eigenvalue weighted by atomic mass is 32.1. The Balaban J connectivity index is 1.63. The van der Waals surface area contributed by atoms with Crippen LogP contribution in [0.25, 0.3) is 10.3 Å². The van der Waals surface area contributed by atoms with Crippen LogP contribution in [0.3, 0.4) is 0 Å². The molecular formula is C20H24N6O2S. The highest BCUT2D eigenvalue weighted by molar-refractivity contribution is 7.19. The van der Waals surface area contributed by atoms with Crippen molar-refractivity contribution in [2.24, 2.45) is 5.73 Å². The lowest BCUT2D eigenvalue weighted by molar-refractivity contribution is 0.0948. The maximum absolute atomic E-state index is 12.5. The zero-order valence-corrected chi connectivity index (χ0v) is 17.1. The zero-order chi connectivity index (χ0) is 20.2. The number of carbonyl (C=O) groups is 1. The maximum Gasteiger partial charge on any atom is 0.280 e. The van der Waals surface area contributed by atoms with Crippen LogP contribution in [0, 0.1) is 0 Å². The van der Waals surface area contributed by atoms with Crippen molar-refractivity contribution >= 4 is 39.1 Å². The van der Waals surface area contributed by atoms with Gasteiger partial charge in [0, 0.05) is 38.4 Å². The van der Waals surface area contributed by atoms with Gasteiger partial charge in [-0.2, -0.15) is 0 Å². The van der Waals surface area contributed by atoms with Gasteiger partial charge in [0.25, 0.3) is 5.91 Å². The first-order valence-corrected chi connectivity index (χ1v) is 10.5. The SMILES string of the molecule is COCCCNC(=O)c1nc2c(N3CC(CCN)c4ccccc43)ncnc2s1. The van der Waals surface area contributed by atoms with Crippen LogP contribution in [-0.2, 0) is 4.74 Å². The van der Waals surface area contributed by atoms with Crippen LogP contribution in [0.2, 0.25) is 0 Å². The minimum absolute atomic E-state index is 0.196. The number of nitrogens with zero attached hydrogens (tertiary/aromatic N) is 4. The summed E-state index contributed by atoms with van der Waals surface area (Å²) >= 11 is 1.28. The molecule has 0 spiro atoms. The number of thiazole rings is 1. The predicted octanol–water partition coefficient (Wildman–Crippen LogP) is 2.44. The molecule has 0 saturated carbocycles. The number of para-hydroxylation sites is 1. The average Bonchev–Trinajstić information content (AvgIpc) is 3.33. The predicted molar refractivity (Wildman–Crippen MR) is 114 cm³/mol. The normalized spacial score (nSPS) is 15.7. The van der Waals surface area contributed by atoms with E-state index in [2.05, 4.69) is 43.4 Å². The molecule has 0 aliphatic carbocycles. The number of nitrogens with two attached hydrogens (primary N) is 1. The molecule has 9 heteroatoms. The molecule has 1 aliphatic heterocycles. The van der Waals surface area contributed by atoms with Crippen molar-refractivity contribution in [1.29, 1.82) is 0 Å². The van der Waals surface area contributed by atoms with E-state index in [4.69, 9.17) is 10.5 Å². The van der Waals surface area contributed by atoms with Gasteiger partial charge in [0.05, 0.1) is 0 Å². The Morgan fingerprint density at radius 2 is 2.24 bits per heavy atom. The van der Waals surface area contributed by atoms with Crippen molar-refractivity contribution in [1.82, 2.24) is 20.3 Å². The number of hydrogen-bond donors (Lipinski definition) is 2. The summed E-state index contributed by atoms with van der Waals surface area (Å²) < 4.78 is 5.01. The molecule has 152 valence electrons. The van der Waals surface area contributed by atoms with Crippen LogP contribution in [0.4, 0.5) is 11.5 Å². The molecule has 0 fully saturated rings. The van der Waals surface area contributed by atoms with Crippen LogP contribution < -0.4 is 16.0 Å². The Hall–Kier alpha value is -2.62. The first kappa shape index (κ1) is 19.7.